The molecule has 1 aliphatic heterocycles. The van der Waals surface area contributed by atoms with Gasteiger partial charge in [0, 0.05) is 18.5 Å². The summed E-state index contributed by atoms with van der Waals surface area (Å²) in [5, 5.41) is 3.04. The van der Waals surface area contributed by atoms with Crippen molar-refractivity contribution in [1.29, 1.82) is 0 Å². The highest BCUT2D eigenvalue weighted by molar-refractivity contribution is 9.10. The van der Waals surface area contributed by atoms with Crippen LogP contribution in [0.15, 0.2) is 9.98 Å². The zero-order valence-corrected chi connectivity index (χ0v) is 11.8. The Bertz CT molecular complexity index is 438. The fraction of sp³-hybridized carbons (Fsp3) is 0.636. The normalized spacial score (nSPS) is 30.2. The Morgan fingerprint density at radius 1 is 1.65 bits per heavy atom. The molecule has 2 atom stereocenters. The average Bonchev–Trinajstić information content (AvgIpc) is 2.67. The molecule has 1 aromatic rings. The molecule has 0 spiro atoms. The topological polar surface area (TPSA) is 42.4 Å². The minimum absolute atomic E-state index is 0.0116. The number of aromatic nitrogens is 1. The number of hydrogen-bond acceptors (Lipinski definition) is 5. The number of carbonyl (C=O) groups is 1. The summed E-state index contributed by atoms with van der Waals surface area (Å²) in [5.41, 5.74) is 0. The standard InChI is InChI=1S/C11H13BrN2O2S/c1-2-16-10(15)9-6-3-14(4-7(6)9)11-13-8(12)5-17-11/h5-7,9H,2-4H2,1H3/t6-,7-/m0/s1. The smallest absolute Gasteiger partial charge is 0.309 e. The number of fused-ring (bicyclic) bond motifs is 1. The summed E-state index contributed by atoms with van der Waals surface area (Å²) < 4.78 is 5.96. The molecule has 0 N–H and O–H groups in total. The van der Waals surface area contributed by atoms with Crippen molar-refractivity contribution in [3.63, 3.8) is 0 Å². The zero-order chi connectivity index (χ0) is 12.0. The van der Waals surface area contributed by atoms with Crippen LogP contribution in [0.1, 0.15) is 6.92 Å². The maximum Gasteiger partial charge on any atom is 0.309 e. The van der Waals surface area contributed by atoms with E-state index in [9.17, 15) is 4.79 Å². The molecule has 0 amide bonds. The van der Waals surface area contributed by atoms with Crippen LogP contribution in [0.25, 0.3) is 0 Å². The van der Waals surface area contributed by atoms with Gasteiger partial charge in [0.15, 0.2) is 5.13 Å². The number of ether oxygens (including phenoxy) is 1. The second-order valence-electron chi connectivity index (χ2n) is 4.46. The number of halogens is 1. The molecule has 1 saturated carbocycles. The van der Waals surface area contributed by atoms with Crippen molar-refractivity contribution < 1.29 is 9.53 Å². The van der Waals surface area contributed by atoms with Gasteiger partial charge in [0.1, 0.15) is 4.60 Å². The largest absolute Gasteiger partial charge is 0.466 e. The molecule has 92 valence electrons. The van der Waals surface area contributed by atoms with E-state index in [-0.39, 0.29) is 11.9 Å². The number of hydrogen-bond donors (Lipinski definition) is 0. The molecule has 17 heavy (non-hydrogen) atoms. The van der Waals surface area contributed by atoms with Crippen molar-refractivity contribution in [2.24, 2.45) is 17.8 Å². The summed E-state index contributed by atoms with van der Waals surface area (Å²) in [7, 11) is 0. The third kappa shape index (κ3) is 1.97. The first-order chi connectivity index (χ1) is 8.20. The summed E-state index contributed by atoms with van der Waals surface area (Å²) in [6.45, 7) is 4.22. The molecule has 6 heteroatoms. The van der Waals surface area contributed by atoms with E-state index in [1.165, 1.54) is 0 Å². The van der Waals surface area contributed by atoms with Gasteiger partial charge in [-0.05, 0) is 34.7 Å². The van der Waals surface area contributed by atoms with E-state index in [0.29, 0.717) is 18.4 Å². The highest BCUT2D eigenvalue weighted by Gasteiger charge is 2.60. The van der Waals surface area contributed by atoms with Gasteiger partial charge in [0.2, 0.25) is 0 Å². The first kappa shape index (κ1) is 11.5. The SMILES string of the molecule is CCOC(=O)C1[C@H]2CN(c3nc(Br)cs3)C[C@H]12. The van der Waals surface area contributed by atoms with Crippen LogP contribution in [-0.2, 0) is 9.53 Å². The lowest BCUT2D eigenvalue weighted by Crippen LogP contribution is -2.26. The Morgan fingerprint density at radius 3 is 2.88 bits per heavy atom. The molecule has 2 aliphatic rings. The number of esters is 1. The molecular weight excluding hydrogens is 304 g/mol. The predicted octanol–water partition coefficient (Wildman–Crippen LogP) is 2.15. The molecule has 0 unspecified atom stereocenters. The molecule has 3 rings (SSSR count). The first-order valence-electron chi connectivity index (χ1n) is 5.73. The fourth-order valence-electron chi connectivity index (χ4n) is 2.66. The van der Waals surface area contributed by atoms with Gasteiger partial charge >= 0.3 is 5.97 Å². The van der Waals surface area contributed by atoms with Crippen LogP contribution in [0.5, 0.6) is 0 Å². The Balaban J connectivity index is 1.60. The monoisotopic (exact) mass is 316 g/mol. The van der Waals surface area contributed by atoms with Crippen LogP contribution in [0.3, 0.4) is 0 Å². The van der Waals surface area contributed by atoms with Gasteiger partial charge < -0.3 is 9.64 Å². The Morgan fingerprint density at radius 2 is 2.35 bits per heavy atom. The molecular formula is C11H13BrN2O2S. The number of piperidine rings is 1. The molecule has 4 nitrogen and oxygen atoms in total. The Labute approximate surface area is 112 Å². The summed E-state index contributed by atoms with van der Waals surface area (Å²) in [6.07, 6.45) is 0. The number of nitrogens with zero attached hydrogens (tertiary/aromatic N) is 2. The molecule has 0 aromatic carbocycles. The lowest BCUT2D eigenvalue weighted by molar-refractivity contribution is -0.145. The third-order valence-corrected chi connectivity index (χ3v) is 5.10. The van der Waals surface area contributed by atoms with Crippen LogP contribution >= 0.6 is 27.3 Å². The van der Waals surface area contributed by atoms with Crippen LogP contribution < -0.4 is 4.90 Å². The number of anilines is 1. The lowest BCUT2D eigenvalue weighted by Gasteiger charge is -2.17. The number of thiazole rings is 1. The highest BCUT2D eigenvalue weighted by atomic mass is 79.9. The van der Waals surface area contributed by atoms with Crippen LogP contribution in [0.4, 0.5) is 5.13 Å². The second-order valence-corrected chi connectivity index (χ2v) is 6.11. The van der Waals surface area contributed by atoms with Crippen LogP contribution in [0, 0.1) is 17.8 Å². The van der Waals surface area contributed by atoms with E-state index in [1.54, 1.807) is 11.3 Å². The minimum atomic E-state index is -0.0116. The van der Waals surface area contributed by atoms with Crippen molar-refractivity contribution >= 4 is 38.4 Å². The molecule has 2 fully saturated rings. The molecule has 0 radical (unpaired) electrons. The van der Waals surface area contributed by atoms with E-state index < -0.39 is 0 Å². The maximum absolute atomic E-state index is 11.6. The zero-order valence-electron chi connectivity index (χ0n) is 9.43. The van der Waals surface area contributed by atoms with Gasteiger partial charge in [-0.25, -0.2) is 4.98 Å². The van der Waals surface area contributed by atoms with Gasteiger partial charge in [0.25, 0.3) is 0 Å². The van der Waals surface area contributed by atoms with Crippen molar-refractivity contribution in [2.45, 2.75) is 6.92 Å². The van der Waals surface area contributed by atoms with Gasteiger partial charge in [-0.3, -0.25) is 4.79 Å². The van der Waals surface area contributed by atoms with E-state index in [2.05, 4.69) is 25.8 Å². The van der Waals surface area contributed by atoms with E-state index in [4.69, 9.17) is 4.74 Å². The maximum atomic E-state index is 11.6. The van der Waals surface area contributed by atoms with Crippen LogP contribution in [-0.4, -0.2) is 30.6 Å². The quantitative estimate of drug-likeness (QED) is 0.801. The molecule has 1 saturated heterocycles. The summed E-state index contributed by atoms with van der Waals surface area (Å²) in [6, 6.07) is 0. The molecule has 1 aliphatic carbocycles. The van der Waals surface area contributed by atoms with Gasteiger partial charge in [-0.2, -0.15) is 0 Å². The van der Waals surface area contributed by atoms with Crippen molar-refractivity contribution in [3.8, 4) is 0 Å². The summed E-state index contributed by atoms with van der Waals surface area (Å²) in [4.78, 5) is 18.3. The molecule has 2 heterocycles. The molecule has 0 bridgehead atoms. The number of rotatable bonds is 3. The van der Waals surface area contributed by atoms with E-state index >= 15 is 0 Å². The van der Waals surface area contributed by atoms with Gasteiger partial charge in [-0.1, -0.05) is 0 Å². The van der Waals surface area contributed by atoms with E-state index in [1.807, 2.05) is 12.3 Å². The fourth-order valence-corrected chi connectivity index (χ4v) is 3.93. The first-order valence-corrected chi connectivity index (χ1v) is 7.40. The van der Waals surface area contributed by atoms with Crippen molar-refractivity contribution in [1.82, 2.24) is 4.98 Å². The number of carbonyl (C=O) groups excluding carboxylic acids is 1. The minimum Gasteiger partial charge on any atom is -0.466 e. The second kappa shape index (κ2) is 4.24. The van der Waals surface area contributed by atoms with Gasteiger partial charge in [-0.15, -0.1) is 11.3 Å². The summed E-state index contributed by atoms with van der Waals surface area (Å²) in [5.74, 6) is 1.10. The lowest BCUT2D eigenvalue weighted by atomic mass is 10.3. The molecule has 1 aromatic heterocycles. The van der Waals surface area contributed by atoms with E-state index in [0.717, 1.165) is 22.8 Å². The van der Waals surface area contributed by atoms with Gasteiger partial charge in [0.05, 0.1) is 12.5 Å². The Kier molecular flexibility index (Phi) is 2.86. The predicted molar refractivity (Wildman–Crippen MR) is 69.1 cm³/mol. The third-order valence-electron chi connectivity index (χ3n) is 3.49. The Hall–Kier alpha value is -0.620. The van der Waals surface area contributed by atoms with Crippen LogP contribution in [0.2, 0.25) is 0 Å². The highest BCUT2D eigenvalue weighted by Crippen LogP contribution is 2.53. The van der Waals surface area contributed by atoms with Crippen molar-refractivity contribution in [3.05, 3.63) is 9.98 Å². The average molecular weight is 317 g/mol. The van der Waals surface area contributed by atoms with Crippen molar-refractivity contribution in [2.75, 3.05) is 24.6 Å². The summed E-state index contributed by atoms with van der Waals surface area (Å²) >= 11 is 5.00.